The lowest BCUT2D eigenvalue weighted by atomic mass is 10.1. The average Bonchev–Trinajstić information content (AvgIpc) is 2.47. The third-order valence-electron chi connectivity index (χ3n) is 2.77. The number of rotatable bonds is 10. The second kappa shape index (κ2) is 11.3. The minimum atomic E-state index is -1.10. The molecular formula is C17H30N2O9. The Balaban J connectivity index is 4.62. The molecule has 0 aliphatic heterocycles. The Labute approximate surface area is 164 Å². The van der Waals surface area contributed by atoms with Crippen LogP contribution in [0.4, 0.5) is 4.79 Å². The molecule has 0 spiro atoms. The second-order valence-electron chi connectivity index (χ2n) is 7.90. The summed E-state index contributed by atoms with van der Waals surface area (Å²) in [5, 5.41) is 11.5. The van der Waals surface area contributed by atoms with E-state index >= 15 is 0 Å². The van der Waals surface area contributed by atoms with Crippen LogP contribution in [-0.2, 0) is 28.6 Å². The number of amides is 1. The van der Waals surface area contributed by atoms with E-state index in [0.717, 1.165) is 0 Å². The number of esters is 2. The summed E-state index contributed by atoms with van der Waals surface area (Å²) in [5.74, 6) is -1.33. The fourth-order valence-electron chi connectivity index (χ4n) is 1.79. The highest BCUT2D eigenvalue weighted by atomic mass is 16.9. The number of hydrogen-bond acceptors (Lipinski definition) is 9. The van der Waals surface area contributed by atoms with Crippen molar-refractivity contribution in [3.05, 3.63) is 10.1 Å². The van der Waals surface area contributed by atoms with Gasteiger partial charge in [-0.05, 0) is 48.0 Å². The predicted octanol–water partition coefficient (Wildman–Crippen LogP) is 2.14. The van der Waals surface area contributed by atoms with Gasteiger partial charge in [0.25, 0.3) is 5.09 Å². The van der Waals surface area contributed by atoms with Crippen LogP contribution in [0.5, 0.6) is 0 Å². The second-order valence-corrected chi connectivity index (χ2v) is 7.90. The largest absolute Gasteiger partial charge is 0.466 e. The highest BCUT2D eigenvalue weighted by Crippen LogP contribution is 2.13. The number of alkyl carbamates (subject to hydrolysis) is 1. The topological polar surface area (TPSA) is 143 Å². The summed E-state index contributed by atoms with van der Waals surface area (Å²) in [6.07, 6.45) is -0.888. The summed E-state index contributed by atoms with van der Waals surface area (Å²) < 4.78 is 15.3. The maximum Gasteiger partial charge on any atom is 0.408 e. The van der Waals surface area contributed by atoms with E-state index in [-0.39, 0.29) is 32.5 Å². The van der Waals surface area contributed by atoms with Gasteiger partial charge in [0.05, 0.1) is 13.2 Å². The van der Waals surface area contributed by atoms with Crippen LogP contribution in [0.1, 0.15) is 60.8 Å². The van der Waals surface area contributed by atoms with Crippen molar-refractivity contribution < 1.29 is 38.5 Å². The number of nitrogens with one attached hydrogen (secondary N) is 1. The molecule has 0 bridgehead atoms. The van der Waals surface area contributed by atoms with E-state index in [1.807, 2.05) is 0 Å². The number of nitrogens with zero attached hydrogens (tertiary/aromatic N) is 1. The van der Waals surface area contributed by atoms with Crippen LogP contribution in [-0.4, -0.2) is 53.6 Å². The third kappa shape index (κ3) is 14.6. The molecule has 0 fully saturated rings. The maximum absolute atomic E-state index is 12.3. The number of ether oxygens (including phenoxy) is 3. The van der Waals surface area contributed by atoms with Gasteiger partial charge < -0.3 is 24.4 Å². The van der Waals surface area contributed by atoms with E-state index in [4.69, 9.17) is 14.2 Å². The van der Waals surface area contributed by atoms with Crippen LogP contribution in [0, 0.1) is 10.1 Å². The standard InChI is InChI=1S/C17H30N2O9/c1-16(2,3)27-14(21)12(18-15(22)28-17(4,5)6)8-9-13(20)25-10-7-11-26-19(23)24/h12H,7-11H2,1-6H3,(H,18,22). The van der Waals surface area contributed by atoms with Crippen molar-refractivity contribution in [1.29, 1.82) is 0 Å². The SMILES string of the molecule is CC(C)(C)OC(=O)NC(CCC(=O)OCCCO[N+](=O)[O-])C(=O)OC(C)(C)C. The van der Waals surface area contributed by atoms with Gasteiger partial charge in [0, 0.05) is 12.8 Å². The van der Waals surface area contributed by atoms with Crippen LogP contribution in [0.2, 0.25) is 0 Å². The first-order chi connectivity index (χ1) is 12.7. The molecule has 0 aliphatic rings. The van der Waals surface area contributed by atoms with Crippen molar-refractivity contribution in [2.75, 3.05) is 13.2 Å². The summed E-state index contributed by atoms with van der Waals surface area (Å²) >= 11 is 0. The number of carbonyl (C=O) groups is 3. The zero-order valence-electron chi connectivity index (χ0n) is 17.2. The molecule has 0 saturated heterocycles. The van der Waals surface area contributed by atoms with Gasteiger partial charge in [-0.1, -0.05) is 0 Å². The van der Waals surface area contributed by atoms with Gasteiger partial charge in [-0.3, -0.25) is 4.79 Å². The first kappa shape index (κ1) is 25.4. The van der Waals surface area contributed by atoms with Gasteiger partial charge >= 0.3 is 18.0 Å². The van der Waals surface area contributed by atoms with Gasteiger partial charge in [0.1, 0.15) is 17.2 Å². The van der Waals surface area contributed by atoms with Crippen LogP contribution >= 0.6 is 0 Å². The Morgan fingerprint density at radius 1 is 1.00 bits per heavy atom. The monoisotopic (exact) mass is 406 g/mol. The normalized spacial score (nSPS) is 12.5. The molecule has 1 atom stereocenters. The molecule has 1 unspecified atom stereocenters. The van der Waals surface area contributed by atoms with Crippen LogP contribution in [0.3, 0.4) is 0 Å². The quantitative estimate of drug-likeness (QED) is 0.190. The van der Waals surface area contributed by atoms with Gasteiger partial charge in [0.15, 0.2) is 0 Å². The van der Waals surface area contributed by atoms with Crippen molar-refractivity contribution in [1.82, 2.24) is 5.32 Å². The molecule has 28 heavy (non-hydrogen) atoms. The molecule has 0 rings (SSSR count). The third-order valence-corrected chi connectivity index (χ3v) is 2.77. The highest BCUT2D eigenvalue weighted by Gasteiger charge is 2.29. The predicted molar refractivity (Wildman–Crippen MR) is 96.8 cm³/mol. The average molecular weight is 406 g/mol. The number of carbonyl (C=O) groups excluding carboxylic acids is 3. The summed E-state index contributed by atoms with van der Waals surface area (Å²) in [6.45, 7) is 9.80. The zero-order chi connectivity index (χ0) is 22.0. The van der Waals surface area contributed by atoms with Crippen LogP contribution in [0.15, 0.2) is 0 Å². The van der Waals surface area contributed by atoms with E-state index in [9.17, 15) is 24.5 Å². The van der Waals surface area contributed by atoms with E-state index in [1.165, 1.54) is 0 Å². The maximum atomic E-state index is 12.3. The number of hydrogen-bond donors (Lipinski definition) is 1. The Morgan fingerprint density at radius 2 is 1.57 bits per heavy atom. The fraction of sp³-hybridized carbons (Fsp3) is 0.824. The van der Waals surface area contributed by atoms with Gasteiger partial charge in [0.2, 0.25) is 0 Å². The molecule has 0 aromatic heterocycles. The molecule has 0 aliphatic carbocycles. The van der Waals surface area contributed by atoms with Gasteiger partial charge in [-0.15, -0.1) is 10.1 Å². The summed E-state index contributed by atoms with van der Waals surface area (Å²) in [6, 6.07) is -1.10. The molecule has 0 saturated carbocycles. The van der Waals surface area contributed by atoms with Gasteiger partial charge in [-0.25, -0.2) is 9.59 Å². The van der Waals surface area contributed by atoms with E-state index in [2.05, 4.69) is 10.2 Å². The molecule has 0 aromatic carbocycles. The Morgan fingerprint density at radius 3 is 2.07 bits per heavy atom. The lowest BCUT2D eigenvalue weighted by molar-refractivity contribution is -0.757. The van der Waals surface area contributed by atoms with Crippen LogP contribution < -0.4 is 5.32 Å². The van der Waals surface area contributed by atoms with Crippen LogP contribution in [0.25, 0.3) is 0 Å². The molecule has 0 heterocycles. The Bertz CT molecular complexity index is 550. The molecule has 0 radical (unpaired) electrons. The molecular weight excluding hydrogens is 376 g/mol. The van der Waals surface area contributed by atoms with Crippen molar-refractivity contribution in [3.8, 4) is 0 Å². The molecule has 11 heteroatoms. The minimum Gasteiger partial charge on any atom is -0.466 e. The summed E-state index contributed by atoms with van der Waals surface area (Å²) in [4.78, 5) is 50.1. The first-order valence-corrected chi connectivity index (χ1v) is 8.85. The molecule has 1 amide bonds. The molecule has 1 N–H and O–H groups in total. The Hall–Kier alpha value is -2.59. The van der Waals surface area contributed by atoms with E-state index < -0.39 is 40.4 Å². The van der Waals surface area contributed by atoms with Crippen molar-refractivity contribution in [3.63, 3.8) is 0 Å². The fourth-order valence-corrected chi connectivity index (χ4v) is 1.79. The van der Waals surface area contributed by atoms with Crippen molar-refractivity contribution in [2.24, 2.45) is 0 Å². The first-order valence-electron chi connectivity index (χ1n) is 8.85. The summed E-state index contributed by atoms with van der Waals surface area (Å²) in [7, 11) is 0. The molecule has 162 valence electrons. The van der Waals surface area contributed by atoms with E-state index in [0.29, 0.717) is 0 Å². The Kier molecular flexibility index (Phi) is 10.3. The minimum absolute atomic E-state index is 0.0572. The van der Waals surface area contributed by atoms with Crippen molar-refractivity contribution in [2.45, 2.75) is 78.0 Å². The summed E-state index contributed by atoms with van der Waals surface area (Å²) in [5.41, 5.74) is -1.53. The smallest absolute Gasteiger partial charge is 0.408 e. The lowest BCUT2D eigenvalue weighted by Crippen LogP contribution is -2.46. The zero-order valence-corrected chi connectivity index (χ0v) is 17.2. The van der Waals surface area contributed by atoms with Gasteiger partial charge in [-0.2, -0.15) is 0 Å². The van der Waals surface area contributed by atoms with Crippen molar-refractivity contribution >= 4 is 18.0 Å². The lowest BCUT2D eigenvalue weighted by Gasteiger charge is -2.26. The van der Waals surface area contributed by atoms with E-state index in [1.54, 1.807) is 41.5 Å². The highest BCUT2D eigenvalue weighted by molar-refractivity contribution is 5.82. The molecule has 0 aromatic rings. The molecule has 11 nitrogen and oxygen atoms in total.